The summed E-state index contributed by atoms with van der Waals surface area (Å²) in [4.78, 5) is 16.4. The van der Waals surface area contributed by atoms with Gasteiger partial charge < -0.3 is 9.64 Å². The second-order valence-electron chi connectivity index (χ2n) is 7.58. The van der Waals surface area contributed by atoms with Crippen molar-refractivity contribution >= 4 is 15.9 Å². The molecule has 0 aromatic heterocycles. The van der Waals surface area contributed by atoms with Crippen LogP contribution in [0, 0.1) is 0 Å². The van der Waals surface area contributed by atoms with Gasteiger partial charge in [0.05, 0.1) is 12.3 Å². The fraction of sp³-hybridized carbons (Fsp3) is 0.409. The molecule has 0 aliphatic carbocycles. The van der Waals surface area contributed by atoms with Crippen LogP contribution in [-0.2, 0) is 28.0 Å². The van der Waals surface area contributed by atoms with Gasteiger partial charge in [-0.05, 0) is 42.6 Å². The highest BCUT2D eigenvalue weighted by Crippen LogP contribution is 2.17. The van der Waals surface area contributed by atoms with E-state index in [9.17, 15) is 13.2 Å². The fourth-order valence-electron chi connectivity index (χ4n) is 3.41. The molecule has 1 saturated heterocycles. The third-order valence-electron chi connectivity index (χ3n) is 5.10. The van der Waals surface area contributed by atoms with Crippen LogP contribution in [0.4, 0.5) is 0 Å². The molecule has 2 N–H and O–H groups in total. The van der Waals surface area contributed by atoms with Crippen LogP contribution >= 0.6 is 0 Å². The van der Waals surface area contributed by atoms with Crippen LogP contribution in [0.25, 0.3) is 0 Å². The Labute approximate surface area is 178 Å². The summed E-state index contributed by atoms with van der Waals surface area (Å²) in [7, 11) is -3.40. The summed E-state index contributed by atoms with van der Waals surface area (Å²) < 4.78 is 27.7. The Morgan fingerprint density at radius 1 is 0.933 bits per heavy atom. The normalized spacial score (nSPS) is 15.4. The third kappa shape index (κ3) is 7.44. The minimum atomic E-state index is -3.40. The van der Waals surface area contributed by atoms with Crippen LogP contribution in [0.15, 0.2) is 54.6 Å². The van der Waals surface area contributed by atoms with Crippen molar-refractivity contribution in [1.29, 1.82) is 0 Å². The predicted octanol–water partition coefficient (Wildman–Crippen LogP) is 1.98. The van der Waals surface area contributed by atoms with Crippen LogP contribution in [-0.4, -0.2) is 56.1 Å². The summed E-state index contributed by atoms with van der Waals surface area (Å²) in [6.07, 6.45) is 1.24. The average Bonchev–Trinajstić information content (AvgIpc) is 2.73. The number of sulfonamides is 1. The van der Waals surface area contributed by atoms with E-state index in [1.165, 1.54) is 0 Å². The highest BCUT2D eigenvalue weighted by Gasteiger charge is 2.23. The molecule has 3 rings (SSSR count). The van der Waals surface area contributed by atoms with Crippen molar-refractivity contribution < 1.29 is 17.9 Å². The fourth-order valence-corrected chi connectivity index (χ4v) is 4.01. The number of carbonyl (C=O) groups excluding carboxylic acids is 1. The van der Waals surface area contributed by atoms with Gasteiger partial charge in [0, 0.05) is 19.6 Å². The van der Waals surface area contributed by atoms with E-state index < -0.39 is 10.0 Å². The summed E-state index contributed by atoms with van der Waals surface area (Å²) in [5.74, 6) is 0.890. The zero-order valence-corrected chi connectivity index (χ0v) is 17.9. The molecular formula is C22H29N3O4S. The summed E-state index contributed by atoms with van der Waals surface area (Å²) in [6.45, 7) is 3.64. The Morgan fingerprint density at radius 3 is 2.33 bits per heavy atom. The average molecular weight is 432 g/mol. The zero-order chi connectivity index (χ0) is 21.4. The summed E-state index contributed by atoms with van der Waals surface area (Å²) in [5, 5.41) is 5.01. The number of nitrogens with two attached hydrogens (primary N) is 1. The topological polar surface area (TPSA) is 92.9 Å². The molecule has 0 unspecified atom stereocenters. The van der Waals surface area contributed by atoms with Crippen LogP contribution in [0.5, 0.6) is 5.75 Å². The zero-order valence-electron chi connectivity index (χ0n) is 17.1. The first-order valence-corrected chi connectivity index (χ1v) is 11.9. The van der Waals surface area contributed by atoms with E-state index >= 15 is 0 Å². The van der Waals surface area contributed by atoms with E-state index in [0.29, 0.717) is 45.6 Å². The Hall–Kier alpha value is -2.42. The number of primary sulfonamides is 1. The van der Waals surface area contributed by atoms with Gasteiger partial charge in [-0.1, -0.05) is 42.5 Å². The van der Waals surface area contributed by atoms with E-state index in [0.717, 1.165) is 23.4 Å². The van der Waals surface area contributed by atoms with Gasteiger partial charge in [0.1, 0.15) is 12.4 Å². The lowest BCUT2D eigenvalue weighted by Gasteiger charge is -2.34. The number of carbonyl (C=O) groups is 1. The van der Waals surface area contributed by atoms with E-state index in [2.05, 4.69) is 4.90 Å². The Bertz CT molecular complexity index is 917. The number of hydrogen-bond donors (Lipinski definition) is 1. The lowest BCUT2D eigenvalue weighted by atomic mass is 10.1. The molecular weight excluding hydrogens is 402 g/mol. The van der Waals surface area contributed by atoms with Crippen molar-refractivity contribution in [2.75, 3.05) is 31.9 Å². The van der Waals surface area contributed by atoms with Gasteiger partial charge in [-0.3, -0.25) is 9.69 Å². The summed E-state index contributed by atoms with van der Waals surface area (Å²) >= 11 is 0. The molecule has 1 aliphatic heterocycles. The van der Waals surface area contributed by atoms with Gasteiger partial charge in [-0.15, -0.1) is 0 Å². The summed E-state index contributed by atoms with van der Waals surface area (Å²) in [5.41, 5.74) is 2.19. The van der Waals surface area contributed by atoms with Gasteiger partial charge in [0.25, 0.3) is 0 Å². The molecule has 0 radical (unpaired) electrons. The Morgan fingerprint density at radius 2 is 1.67 bits per heavy atom. The molecule has 1 heterocycles. The maximum absolute atomic E-state index is 12.5. The lowest BCUT2D eigenvalue weighted by Crippen LogP contribution is -2.50. The maximum atomic E-state index is 12.5. The highest BCUT2D eigenvalue weighted by atomic mass is 32.2. The largest absolute Gasteiger partial charge is 0.489 e. The van der Waals surface area contributed by atoms with Gasteiger partial charge >= 0.3 is 0 Å². The molecule has 0 bridgehead atoms. The predicted molar refractivity (Wildman–Crippen MR) is 116 cm³/mol. The molecule has 0 saturated carbocycles. The van der Waals surface area contributed by atoms with Gasteiger partial charge in [-0.25, -0.2) is 13.6 Å². The van der Waals surface area contributed by atoms with Crippen molar-refractivity contribution in [3.05, 3.63) is 65.7 Å². The SMILES string of the molecule is NS(=O)(=O)CCCCN1CCN(Cc2ccc(OCc3ccccc3)cc2)C(=O)C1. The molecule has 30 heavy (non-hydrogen) atoms. The van der Waals surface area contributed by atoms with Crippen LogP contribution in [0.1, 0.15) is 24.0 Å². The van der Waals surface area contributed by atoms with E-state index in [4.69, 9.17) is 9.88 Å². The highest BCUT2D eigenvalue weighted by molar-refractivity contribution is 7.89. The summed E-state index contributed by atoms with van der Waals surface area (Å²) in [6, 6.07) is 17.9. The molecule has 7 nitrogen and oxygen atoms in total. The van der Waals surface area contributed by atoms with Crippen LogP contribution in [0.3, 0.4) is 0 Å². The number of piperazine rings is 1. The molecule has 0 atom stereocenters. The van der Waals surface area contributed by atoms with E-state index in [1.807, 2.05) is 59.5 Å². The van der Waals surface area contributed by atoms with E-state index in [-0.39, 0.29) is 11.7 Å². The van der Waals surface area contributed by atoms with Crippen LogP contribution in [0.2, 0.25) is 0 Å². The smallest absolute Gasteiger partial charge is 0.237 e. The third-order valence-corrected chi connectivity index (χ3v) is 5.95. The monoisotopic (exact) mass is 431 g/mol. The number of benzene rings is 2. The number of unbranched alkanes of at least 4 members (excludes halogenated alkanes) is 1. The standard InChI is InChI=1S/C22H29N3O4S/c23-30(27,28)15-5-4-12-24-13-14-25(22(26)17-24)16-19-8-10-21(11-9-19)29-18-20-6-2-1-3-7-20/h1-3,6-11H,4-5,12-18H2,(H2,23,27,28). The number of rotatable bonds is 10. The second-order valence-corrected chi connectivity index (χ2v) is 9.32. The van der Waals surface area contributed by atoms with Crippen molar-refractivity contribution in [2.24, 2.45) is 5.14 Å². The molecule has 1 fully saturated rings. The second kappa shape index (κ2) is 10.6. The Balaban J connectivity index is 1.40. The molecule has 2 aromatic rings. The van der Waals surface area contributed by atoms with Crippen molar-refractivity contribution in [3.8, 4) is 5.75 Å². The first-order chi connectivity index (χ1) is 14.4. The van der Waals surface area contributed by atoms with Crippen molar-refractivity contribution in [1.82, 2.24) is 9.80 Å². The number of nitrogens with zero attached hydrogens (tertiary/aromatic N) is 2. The number of amides is 1. The Kier molecular flexibility index (Phi) is 7.84. The molecule has 8 heteroatoms. The molecule has 0 spiro atoms. The minimum absolute atomic E-state index is 0.00797. The van der Waals surface area contributed by atoms with E-state index in [1.54, 1.807) is 0 Å². The molecule has 2 aromatic carbocycles. The first kappa shape index (κ1) is 22.3. The van der Waals surface area contributed by atoms with Crippen LogP contribution < -0.4 is 9.88 Å². The van der Waals surface area contributed by atoms with Gasteiger partial charge in [0.2, 0.25) is 15.9 Å². The minimum Gasteiger partial charge on any atom is -0.489 e. The van der Waals surface area contributed by atoms with Gasteiger partial charge in [0.15, 0.2) is 0 Å². The molecule has 162 valence electrons. The number of ether oxygens (including phenoxy) is 1. The van der Waals surface area contributed by atoms with Crippen molar-refractivity contribution in [2.45, 2.75) is 26.0 Å². The maximum Gasteiger partial charge on any atom is 0.237 e. The number of hydrogen-bond acceptors (Lipinski definition) is 5. The van der Waals surface area contributed by atoms with Crippen molar-refractivity contribution in [3.63, 3.8) is 0 Å². The lowest BCUT2D eigenvalue weighted by molar-refractivity contribution is -0.136. The first-order valence-electron chi connectivity index (χ1n) is 10.2. The van der Waals surface area contributed by atoms with Gasteiger partial charge in [-0.2, -0.15) is 0 Å². The molecule has 1 aliphatic rings. The quantitative estimate of drug-likeness (QED) is 0.581. The molecule has 1 amide bonds.